The van der Waals surface area contributed by atoms with Crippen molar-refractivity contribution in [1.82, 2.24) is 5.32 Å². The molecule has 0 unspecified atom stereocenters. The zero-order chi connectivity index (χ0) is 35.1. The van der Waals surface area contributed by atoms with E-state index < -0.39 is 8.80 Å². The van der Waals surface area contributed by atoms with Crippen LogP contribution in [0.1, 0.15) is 239 Å². The van der Waals surface area contributed by atoms with Crippen LogP contribution in [0.2, 0.25) is 6.04 Å². The van der Waals surface area contributed by atoms with Gasteiger partial charge in [0.1, 0.15) is 0 Å². The molecule has 0 radical (unpaired) electrons. The molecule has 0 amide bonds. The van der Waals surface area contributed by atoms with E-state index in [1.54, 1.807) is 21.3 Å². The Morgan fingerprint density at radius 2 is 0.604 bits per heavy atom. The van der Waals surface area contributed by atoms with Gasteiger partial charge in [0, 0.05) is 33.4 Å². The highest BCUT2D eigenvalue weighted by molar-refractivity contribution is 6.60. The molecule has 0 bridgehead atoms. The van der Waals surface area contributed by atoms with Crippen LogP contribution in [0.15, 0.2) is 0 Å². The van der Waals surface area contributed by atoms with Gasteiger partial charge in [-0.15, -0.1) is 0 Å². The lowest BCUT2D eigenvalue weighted by Gasteiger charge is -2.25. The van der Waals surface area contributed by atoms with Gasteiger partial charge in [0.2, 0.25) is 0 Å². The van der Waals surface area contributed by atoms with Crippen LogP contribution >= 0.6 is 0 Å². The minimum Gasteiger partial charge on any atom is -0.377 e. The second-order valence-corrected chi connectivity index (χ2v) is 18.3. The van der Waals surface area contributed by atoms with Crippen molar-refractivity contribution >= 4 is 8.80 Å². The molecule has 0 rings (SSSR count). The van der Waals surface area contributed by atoms with Gasteiger partial charge in [0.25, 0.3) is 0 Å². The molecule has 0 spiro atoms. The Morgan fingerprint density at radius 3 is 0.854 bits per heavy atom. The van der Waals surface area contributed by atoms with Crippen molar-refractivity contribution in [2.45, 2.75) is 251 Å². The summed E-state index contributed by atoms with van der Waals surface area (Å²) in [5, 5.41) is 3.92. The predicted molar refractivity (Wildman–Crippen MR) is 216 cm³/mol. The molecule has 0 saturated heterocycles. The first-order valence-electron chi connectivity index (χ1n) is 22.1. The molecule has 0 aliphatic heterocycles. The van der Waals surface area contributed by atoms with E-state index in [9.17, 15) is 0 Å². The molecular formula is C43H91NO3Si. The first-order valence-corrected chi connectivity index (χ1v) is 24.0. The summed E-state index contributed by atoms with van der Waals surface area (Å²) < 4.78 is 16.9. The highest BCUT2D eigenvalue weighted by atomic mass is 28.4. The Balaban J connectivity index is 3.97. The van der Waals surface area contributed by atoms with Crippen LogP contribution in [-0.2, 0) is 13.3 Å². The Morgan fingerprint density at radius 1 is 0.354 bits per heavy atom. The Kier molecular flexibility index (Phi) is 39.9. The van der Waals surface area contributed by atoms with Gasteiger partial charge in [-0.05, 0) is 25.8 Å². The van der Waals surface area contributed by atoms with Gasteiger partial charge < -0.3 is 18.6 Å². The second kappa shape index (κ2) is 39.8. The molecule has 0 aromatic carbocycles. The van der Waals surface area contributed by atoms with Gasteiger partial charge in [0.15, 0.2) is 0 Å². The molecule has 0 heterocycles. The van der Waals surface area contributed by atoms with E-state index in [-0.39, 0.29) is 0 Å². The van der Waals surface area contributed by atoms with Gasteiger partial charge in [0.05, 0.1) is 0 Å². The van der Waals surface area contributed by atoms with Crippen LogP contribution < -0.4 is 5.32 Å². The normalized spacial score (nSPS) is 12.1. The van der Waals surface area contributed by atoms with Gasteiger partial charge in [-0.1, -0.05) is 219 Å². The summed E-state index contributed by atoms with van der Waals surface area (Å²) >= 11 is 0. The minimum atomic E-state index is -2.46. The van der Waals surface area contributed by atoms with Crippen molar-refractivity contribution in [3.63, 3.8) is 0 Å². The van der Waals surface area contributed by atoms with Crippen molar-refractivity contribution in [3.05, 3.63) is 0 Å². The third-order valence-corrected chi connectivity index (χ3v) is 13.7. The summed E-state index contributed by atoms with van der Waals surface area (Å²) in [7, 11) is 2.72. The molecule has 290 valence electrons. The molecule has 5 heteroatoms. The van der Waals surface area contributed by atoms with Crippen molar-refractivity contribution in [3.8, 4) is 0 Å². The lowest BCUT2D eigenvalue weighted by molar-refractivity contribution is 0.123. The van der Waals surface area contributed by atoms with Crippen molar-refractivity contribution in [2.75, 3.05) is 27.9 Å². The van der Waals surface area contributed by atoms with Gasteiger partial charge >= 0.3 is 8.80 Å². The van der Waals surface area contributed by atoms with Gasteiger partial charge in [-0.25, -0.2) is 0 Å². The number of hydrogen-bond acceptors (Lipinski definition) is 4. The molecular weight excluding hydrogens is 607 g/mol. The highest BCUT2D eigenvalue weighted by Gasteiger charge is 2.36. The lowest BCUT2D eigenvalue weighted by Crippen LogP contribution is -2.43. The molecule has 0 fully saturated rings. The summed E-state index contributed by atoms with van der Waals surface area (Å²) in [6.07, 6.45) is 49.8. The summed E-state index contributed by atoms with van der Waals surface area (Å²) in [4.78, 5) is 0. The Bertz CT molecular complexity index is 544. The van der Waals surface area contributed by atoms with Crippen LogP contribution in [-0.4, -0.2) is 42.7 Å². The lowest BCUT2D eigenvalue weighted by atomic mass is 9.99. The molecule has 0 atom stereocenters. The van der Waals surface area contributed by atoms with Crippen LogP contribution in [0.3, 0.4) is 0 Å². The number of hydrogen-bond donors (Lipinski definition) is 1. The first kappa shape index (κ1) is 48.1. The summed E-state index contributed by atoms with van der Waals surface area (Å²) in [5.74, 6) is 0. The summed E-state index contributed by atoms with van der Waals surface area (Å²) in [6, 6.07) is 1.54. The van der Waals surface area contributed by atoms with E-state index in [0.717, 1.165) is 19.0 Å². The maximum Gasteiger partial charge on any atom is 0.500 e. The zero-order valence-electron chi connectivity index (χ0n) is 34.0. The SMILES string of the molecule is CCCCCCCCCCCCCCCCCCC(CCCCCCCCCCCCCCCCCC)NCCC[Si](OC)(OC)OC. The quantitative estimate of drug-likeness (QED) is 0.0509. The topological polar surface area (TPSA) is 39.7 Å². The summed E-state index contributed by atoms with van der Waals surface area (Å²) in [6.45, 7) is 5.65. The largest absolute Gasteiger partial charge is 0.500 e. The molecule has 0 saturated carbocycles. The second-order valence-electron chi connectivity index (χ2n) is 15.2. The third-order valence-electron chi connectivity index (χ3n) is 10.8. The number of unbranched alkanes of at least 4 members (excludes halogenated alkanes) is 30. The Labute approximate surface area is 305 Å². The van der Waals surface area contributed by atoms with E-state index in [2.05, 4.69) is 19.2 Å². The van der Waals surface area contributed by atoms with E-state index >= 15 is 0 Å². The average molecular weight is 698 g/mol. The number of rotatable bonds is 42. The first-order chi connectivity index (χ1) is 23.7. The molecule has 0 aliphatic rings. The molecule has 0 aliphatic carbocycles. The smallest absolute Gasteiger partial charge is 0.377 e. The number of nitrogens with one attached hydrogen (secondary N) is 1. The van der Waals surface area contributed by atoms with Crippen LogP contribution in [0.25, 0.3) is 0 Å². The van der Waals surface area contributed by atoms with E-state index in [0.29, 0.717) is 6.04 Å². The van der Waals surface area contributed by atoms with Crippen molar-refractivity contribution < 1.29 is 13.3 Å². The fourth-order valence-electron chi connectivity index (χ4n) is 7.39. The molecule has 48 heavy (non-hydrogen) atoms. The maximum absolute atomic E-state index is 5.64. The Hall–Kier alpha value is 0.0569. The molecule has 1 N–H and O–H groups in total. The van der Waals surface area contributed by atoms with Crippen LogP contribution in [0, 0.1) is 0 Å². The molecule has 0 aromatic rings. The van der Waals surface area contributed by atoms with Crippen molar-refractivity contribution in [1.29, 1.82) is 0 Å². The van der Waals surface area contributed by atoms with Gasteiger partial charge in [-0.2, -0.15) is 0 Å². The third kappa shape index (κ3) is 33.2. The highest BCUT2D eigenvalue weighted by Crippen LogP contribution is 2.19. The van der Waals surface area contributed by atoms with Crippen LogP contribution in [0.4, 0.5) is 0 Å². The van der Waals surface area contributed by atoms with Crippen molar-refractivity contribution in [2.24, 2.45) is 0 Å². The van der Waals surface area contributed by atoms with Crippen LogP contribution in [0.5, 0.6) is 0 Å². The molecule has 0 aromatic heterocycles. The van der Waals surface area contributed by atoms with E-state index in [1.807, 2.05) is 0 Å². The summed E-state index contributed by atoms with van der Waals surface area (Å²) in [5.41, 5.74) is 0. The predicted octanol–water partition coefficient (Wildman–Crippen LogP) is 14.5. The zero-order valence-corrected chi connectivity index (χ0v) is 35.0. The minimum absolute atomic E-state index is 0.659. The fourth-order valence-corrected chi connectivity index (χ4v) is 9.12. The monoisotopic (exact) mass is 698 g/mol. The van der Waals surface area contributed by atoms with Gasteiger partial charge in [-0.3, -0.25) is 0 Å². The van der Waals surface area contributed by atoms with E-state index in [1.165, 1.54) is 218 Å². The fraction of sp³-hybridized carbons (Fsp3) is 1.00. The average Bonchev–Trinajstić information content (AvgIpc) is 3.11. The standard InChI is InChI=1S/C43H91NO3Si/c1-6-8-10-12-14-16-18-20-22-24-26-28-30-32-34-36-39-43(44-41-38-42-48(45-3,46-4)47-5)40-37-35-33-31-29-27-25-23-21-19-17-15-13-11-9-7-2/h43-44H,6-42H2,1-5H3. The maximum atomic E-state index is 5.64. The molecule has 4 nitrogen and oxygen atoms in total. The van der Waals surface area contributed by atoms with E-state index in [4.69, 9.17) is 13.3 Å².